The van der Waals surface area contributed by atoms with Gasteiger partial charge in [0.05, 0.1) is 4.90 Å². The first kappa shape index (κ1) is 10.3. The van der Waals surface area contributed by atoms with E-state index in [1.54, 1.807) is 7.85 Å². The highest BCUT2D eigenvalue weighted by atomic mass is 32.1. The van der Waals surface area contributed by atoms with Gasteiger partial charge in [0.1, 0.15) is 13.7 Å². The van der Waals surface area contributed by atoms with E-state index in [2.05, 4.69) is 37.9 Å². The molecule has 1 aromatic carbocycles. The van der Waals surface area contributed by atoms with Gasteiger partial charge in [-0.15, -0.1) is 37.9 Å². The molecule has 0 amide bonds. The van der Waals surface area contributed by atoms with E-state index in [0.717, 1.165) is 5.56 Å². The van der Waals surface area contributed by atoms with Crippen molar-refractivity contribution in [2.45, 2.75) is 21.6 Å². The van der Waals surface area contributed by atoms with Gasteiger partial charge in [0.2, 0.25) is 0 Å². The fraction of sp³-hybridized carbons (Fsp3) is 0.143. The molecule has 0 saturated carbocycles. The van der Waals surface area contributed by atoms with Crippen LogP contribution in [0, 0.1) is 12.7 Å². The first-order valence-electron chi connectivity index (χ1n) is 3.36. The van der Waals surface area contributed by atoms with Crippen molar-refractivity contribution in [1.29, 1.82) is 0 Å². The summed E-state index contributed by atoms with van der Waals surface area (Å²) in [6, 6.07) is 0. The molecule has 0 aliphatic rings. The van der Waals surface area contributed by atoms with Crippen LogP contribution < -0.4 is 5.46 Å². The quantitative estimate of drug-likeness (QED) is 0.424. The maximum absolute atomic E-state index is 13.3. The molecule has 5 heteroatoms. The van der Waals surface area contributed by atoms with Crippen LogP contribution in [0.5, 0.6) is 0 Å². The van der Waals surface area contributed by atoms with Crippen molar-refractivity contribution in [3.8, 4) is 0 Å². The summed E-state index contributed by atoms with van der Waals surface area (Å²) >= 11 is 12.3. The number of rotatable bonds is 0. The Morgan fingerprint density at radius 3 is 2.08 bits per heavy atom. The van der Waals surface area contributed by atoms with Gasteiger partial charge in [0, 0.05) is 9.79 Å². The van der Waals surface area contributed by atoms with Crippen LogP contribution >= 0.6 is 37.9 Å². The van der Waals surface area contributed by atoms with Crippen LogP contribution in [-0.2, 0) is 0 Å². The van der Waals surface area contributed by atoms with E-state index in [9.17, 15) is 4.39 Å². The number of halogens is 1. The lowest BCUT2D eigenvalue weighted by atomic mass is 9.93. The molecule has 0 aliphatic carbocycles. The molecule has 0 saturated heterocycles. The second-order valence-corrected chi connectivity index (χ2v) is 3.95. The van der Waals surface area contributed by atoms with Crippen LogP contribution in [0.1, 0.15) is 5.56 Å². The van der Waals surface area contributed by atoms with E-state index in [-0.39, 0.29) is 5.82 Å². The molecule has 0 heterocycles. The summed E-state index contributed by atoms with van der Waals surface area (Å²) in [5.41, 5.74) is 1.39. The third-order valence-electron chi connectivity index (χ3n) is 1.83. The summed E-state index contributed by atoms with van der Waals surface area (Å²) in [4.78, 5) is 1.51. The molecule has 0 fully saturated rings. The first-order chi connectivity index (χ1) is 5.46. The highest BCUT2D eigenvalue weighted by Crippen LogP contribution is 2.27. The molecule has 12 heavy (non-hydrogen) atoms. The zero-order valence-electron chi connectivity index (χ0n) is 6.72. The van der Waals surface area contributed by atoms with Gasteiger partial charge >= 0.3 is 0 Å². The van der Waals surface area contributed by atoms with Crippen molar-refractivity contribution >= 4 is 51.2 Å². The normalized spacial score (nSPS) is 10.4. The zero-order chi connectivity index (χ0) is 9.46. The summed E-state index contributed by atoms with van der Waals surface area (Å²) < 4.78 is 13.3. The first-order valence-corrected chi connectivity index (χ1v) is 4.70. The lowest BCUT2D eigenvalue weighted by Crippen LogP contribution is -2.14. The minimum absolute atomic E-state index is 0.297. The zero-order valence-corrected chi connectivity index (χ0v) is 9.40. The number of benzene rings is 1. The molecule has 0 unspecified atom stereocenters. The third-order valence-corrected chi connectivity index (χ3v) is 3.65. The summed E-state index contributed by atoms with van der Waals surface area (Å²) in [5.74, 6) is -0.334. The summed E-state index contributed by atoms with van der Waals surface area (Å²) in [6.45, 7) is 1.84. The van der Waals surface area contributed by atoms with Crippen LogP contribution in [0.15, 0.2) is 14.7 Å². The van der Waals surface area contributed by atoms with Crippen LogP contribution in [0.2, 0.25) is 0 Å². The van der Waals surface area contributed by atoms with Crippen LogP contribution in [0.4, 0.5) is 4.39 Å². The van der Waals surface area contributed by atoms with E-state index < -0.39 is 0 Å². The highest BCUT2D eigenvalue weighted by Gasteiger charge is 2.12. The van der Waals surface area contributed by atoms with Gasteiger partial charge in [0.25, 0.3) is 0 Å². The van der Waals surface area contributed by atoms with Gasteiger partial charge in [-0.05, 0) is 17.9 Å². The summed E-state index contributed by atoms with van der Waals surface area (Å²) in [5, 5.41) is 0. The summed E-state index contributed by atoms with van der Waals surface area (Å²) in [7, 11) is 1.68. The monoisotopic (exact) mass is 218 g/mol. The molecule has 0 N–H and O–H groups in total. The molecule has 0 aromatic heterocycles. The van der Waals surface area contributed by atoms with Crippen molar-refractivity contribution in [2.75, 3.05) is 0 Å². The van der Waals surface area contributed by atoms with E-state index in [1.165, 1.54) is 0 Å². The number of hydrogen-bond donors (Lipinski definition) is 3. The lowest BCUT2D eigenvalue weighted by molar-refractivity contribution is 0.599. The molecular weight excluding hydrogens is 210 g/mol. The maximum atomic E-state index is 13.3. The molecule has 0 atom stereocenters. The Morgan fingerprint density at radius 1 is 1.08 bits per heavy atom. The Morgan fingerprint density at radius 2 is 1.58 bits per heavy atom. The Kier molecular flexibility index (Phi) is 3.07. The second-order valence-electron chi connectivity index (χ2n) is 2.61. The Hall–Kier alpha value is 0.265. The van der Waals surface area contributed by atoms with Crippen LogP contribution in [0.25, 0.3) is 0 Å². The van der Waals surface area contributed by atoms with Crippen molar-refractivity contribution in [1.82, 2.24) is 0 Å². The average Bonchev–Trinajstić information content (AvgIpc) is 2.08. The smallest absolute Gasteiger partial charge is 0.144 e. The third kappa shape index (κ3) is 1.50. The molecular formula is C7H8BFS3. The van der Waals surface area contributed by atoms with Crippen molar-refractivity contribution in [3.05, 3.63) is 11.4 Å². The fourth-order valence-electron chi connectivity index (χ4n) is 0.957. The molecule has 0 aliphatic heterocycles. The molecule has 1 aromatic rings. The van der Waals surface area contributed by atoms with E-state index in [1.807, 2.05) is 6.92 Å². The fourth-order valence-corrected chi connectivity index (χ4v) is 1.80. The van der Waals surface area contributed by atoms with Crippen molar-refractivity contribution in [3.63, 3.8) is 0 Å². The van der Waals surface area contributed by atoms with Gasteiger partial charge in [-0.25, -0.2) is 4.39 Å². The average molecular weight is 218 g/mol. The van der Waals surface area contributed by atoms with Crippen LogP contribution in [0.3, 0.4) is 0 Å². The predicted octanol–water partition coefficient (Wildman–Crippen LogP) is 1.26. The lowest BCUT2D eigenvalue weighted by Gasteiger charge is -2.10. The van der Waals surface area contributed by atoms with E-state index in [0.29, 0.717) is 20.1 Å². The van der Waals surface area contributed by atoms with Gasteiger partial charge in [-0.2, -0.15) is 0 Å². The Balaban J connectivity index is 3.60. The van der Waals surface area contributed by atoms with Gasteiger partial charge < -0.3 is 0 Å². The molecule has 64 valence electrons. The molecule has 1 rings (SSSR count). The molecule has 0 nitrogen and oxygen atoms in total. The summed E-state index contributed by atoms with van der Waals surface area (Å²) in [6.07, 6.45) is 0. The highest BCUT2D eigenvalue weighted by molar-refractivity contribution is 7.83. The van der Waals surface area contributed by atoms with Gasteiger partial charge in [-0.3, -0.25) is 0 Å². The second kappa shape index (κ2) is 3.56. The van der Waals surface area contributed by atoms with E-state index in [4.69, 9.17) is 0 Å². The molecule has 0 spiro atoms. The Bertz CT molecular complexity index is 233. The van der Waals surface area contributed by atoms with E-state index >= 15 is 0 Å². The molecule has 0 radical (unpaired) electrons. The SMILES string of the molecule is Bc1c(F)c(S)c(S)c(C)c1S. The predicted molar refractivity (Wildman–Crippen MR) is 61.1 cm³/mol. The van der Waals surface area contributed by atoms with Gasteiger partial charge in [0.15, 0.2) is 0 Å². The maximum Gasteiger partial charge on any atom is 0.144 e. The Labute approximate surface area is 88.6 Å². The van der Waals surface area contributed by atoms with Crippen molar-refractivity contribution in [2.24, 2.45) is 0 Å². The largest absolute Gasteiger partial charge is 0.206 e. The topological polar surface area (TPSA) is 0 Å². The van der Waals surface area contributed by atoms with Crippen LogP contribution in [-0.4, -0.2) is 7.85 Å². The standard InChI is InChI=1S/C7H8BFS3/c1-2-5(10)3(8)4(9)7(12)6(2)11/h10-12H,8H2,1H3. The minimum Gasteiger partial charge on any atom is -0.206 e. The van der Waals surface area contributed by atoms with Crippen molar-refractivity contribution < 1.29 is 4.39 Å². The minimum atomic E-state index is -0.334. The number of thiol groups is 3. The number of hydrogen-bond acceptors (Lipinski definition) is 3. The van der Waals surface area contributed by atoms with Gasteiger partial charge in [-0.1, -0.05) is 0 Å². The molecule has 0 bridgehead atoms.